The maximum absolute atomic E-state index is 5.73. The van der Waals surface area contributed by atoms with Gasteiger partial charge in [-0.05, 0) is 30.4 Å². The molecule has 4 N–H and O–H groups in total. The van der Waals surface area contributed by atoms with Crippen LogP contribution in [0.1, 0.15) is 30.0 Å². The lowest BCUT2D eigenvalue weighted by molar-refractivity contribution is 0.598. The number of benzene rings is 1. The van der Waals surface area contributed by atoms with Gasteiger partial charge in [0.2, 0.25) is 5.95 Å². The van der Waals surface area contributed by atoms with Gasteiger partial charge in [0.15, 0.2) is 0 Å². The Morgan fingerprint density at radius 1 is 1.20 bits per heavy atom. The molecule has 5 heteroatoms. The molecule has 0 fully saturated rings. The number of anilines is 3. The Bertz CT molecular complexity index is 611. The monoisotopic (exact) mass is 269 g/mol. The van der Waals surface area contributed by atoms with E-state index in [0.29, 0.717) is 6.04 Å². The molecule has 1 aromatic carbocycles. The van der Waals surface area contributed by atoms with Crippen molar-refractivity contribution in [2.75, 3.05) is 23.4 Å². The van der Waals surface area contributed by atoms with Gasteiger partial charge in [0, 0.05) is 13.1 Å². The lowest BCUT2D eigenvalue weighted by atomic mass is 9.88. The third-order valence-corrected chi connectivity index (χ3v) is 3.69. The normalized spacial score (nSPS) is 17.4. The number of aryl methyl sites for hydroxylation is 1. The quantitative estimate of drug-likeness (QED) is 0.798. The van der Waals surface area contributed by atoms with Crippen LogP contribution in [0, 0.1) is 0 Å². The number of nitrogens with zero attached hydrogens (tertiary/aromatic N) is 2. The Kier molecular flexibility index (Phi) is 3.41. The predicted octanol–water partition coefficient (Wildman–Crippen LogP) is 2.59. The zero-order valence-electron chi connectivity index (χ0n) is 11.6. The second-order valence-electron chi connectivity index (χ2n) is 5.03. The van der Waals surface area contributed by atoms with Crippen LogP contribution in [0.5, 0.6) is 0 Å². The summed E-state index contributed by atoms with van der Waals surface area (Å²) in [5, 5.41) is 6.47. The lowest BCUT2D eigenvalue weighted by Crippen LogP contribution is -2.18. The molecule has 20 heavy (non-hydrogen) atoms. The van der Waals surface area contributed by atoms with E-state index in [1.807, 2.05) is 13.1 Å². The van der Waals surface area contributed by atoms with Gasteiger partial charge in [-0.2, -0.15) is 9.97 Å². The Balaban J connectivity index is 1.87. The molecule has 3 rings (SSSR count). The van der Waals surface area contributed by atoms with E-state index in [-0.39, 0.29) is 5.95 Å². The van der Waals surface area contributed by atoms with Crippen molar-refractivity contribution >= 4 is 17.6 Å². The minimum Gasteiger partial charge on any atom is -0.373 e. The zero-order chi connectivity index (χ0) is 13.9. The third-order valence-electron chi connectivity index (χ3n) is 3.69. The molecule has 1 aromatic heterocycles. The van der Waals surface area contributed by atoms with E-state index in [0.717, 1.165) is 24.5 Å². The molecule has 0 saturated carbocycles. The molecule has 0 radical (unpaired) electrons. The first-order valence-corrected chi connectivity index (χ1v) is 6.93. The van der Waals surface area contributed by atoms with Crippen molar-refractivity contribution in [2.45, 2.75) is 25.3 Å². The number of nitrogens with one attached hydrogen (secondary N) is 2. The van der Waals surface area contributed by atoms with Gasteiger partial charge >= 0.3 is 0 Å². The van der Waals surface area contributed by atoms with Gasteiger partial charge < -0.3 is 16.4 Å². The van der Waals surface area contributed by atoms with Gasteiger partial charge in [-0.25, -0.2) is 0 Å². The minimum atomic E-state index is 0.281. The summed E-state index contributed by atoms with van der Waals surface area (Å²) in [6.07, 6.45) is 3.45. The molecule has 0 spiro atoms. The first-order valence-electron chi connectivity index (χ1n) is 6.93. The second-order valence-corrected chi connectivity index (χ2v) is 5.03. The maximum Gasteiger partial charge on any atom is 0.223 e. The Morgan fingerprint density at radius 2 is 2.00 bits per heavy atom. The van der Waals surface area contributed by atoms with Crippen LogP contribution in [0.2, 0.25) is 0 Å². The van der Waals surface area contributed by atoms with Crippen LogP contribution in [0.3, 0.4) is 0 Å². The molecule has 0 aliphatic heterocycles. The number of fused-ring (bicyclic) bond motifs is 1. The van der Waals surface area contributed by atoms with E-state index in [4.69, 9.17) is 5.73 Å². The highest BCUT2D eigenvalue weighted by Crippen LogP contribution is 2.32. The highest BCUT2D eigenvalue weighted by atomic mass is 15.1. The van der Waals surface area contributed by atoms with Gasteiger partial charge in [-0.1, -0.05) is 24.3 Å². The van der Waals surface area contributed by atoms with Gasteiger partial charge in [0.1, 0.15) is 11.6 Å². The van der Waals surface area contributed by atoms with Crippen LogP contribution in [-0.2, 0) is 6.42 Å². The summed E-state index contributed by atoms with van der Waals surface area (Å²) in [5.74, 6) is 1.77. The Morgan fingerprint density at radius 3 is 2.85 bits per heavy atom. The maximum atomic E-state index is 5.73. The van der Waals surface area contributed by atoms with Crippen LogP contribution >= 0.6 is 0 Å². The smallest absolute Gasteiger partial charge is 0.223 e. The molecule has 1 aliphatic carbocycles. The van der Waals surface area contributed by atoms with Crippen molar-refractivity contribution in [3.05, 3.63) is 41.5 Å². The largest absolute Gasteiger partial charge is 0.373 e. The molecule has 1 unspecified atom stereocenters. The summed E-state index contributed by atoms with van der Waals surface area (Å²) < 4.78 is 0. The molecule has 104 valence electrons. The van der Waals surface area contributed by atoms with Crippen molar-refractivity contribution in [1.29, 1.82) is 0 Å². The fourth-order valence-electron chi connectivity index (χ4n) is 2.75. The third kappa shape index (κ3) is 2.52. The fourth-order valence-corrected chi connectivity index (χ4v) is 2.75. The average molecular weight is 269 g/mol. The number of aromatic nitrogens is 2. The average Bonchev–Trinajstić information content (AvgIpc) is 2.47. The number of hydrogen-bond donors (Lipinski definition) is 3. The number of rotatable bonds is 3. The van der Waals surface area contributed by atoms with E-state index in [1.165, 1.54) is 17.5 Å². The molecule has 1 aliphatic rings. The molecule has 0 amide bonds. The fraction of sp³-hybridized carbons (Fsp3) is 0.333. The van der Waals surface area contributed by atoms with E-state index in [9.17, 15) is 0 Å². The van der Waals surface area contributed by atoms with Crippen LogP contribution < -0.4 is 16.4 Å². The molecule has 1 atom stereocenters. The van der Waals surface area contributed by atoms with Gasteiger partial charge in [0.05, 0.1) is 6.04 Å². The second kappa shape index (κ2) is 5.36. The molecule has 5 nitrogen and oxygen atoms in total. The summed E-state index contributed by atoms with van der Waals surface area (Å²) in [5.41, 5.74) is 8.52. The van der Waals surface area contributed by atoms with Crippen LogP contribution in [0.25, 0.3) is 0 Å². The Hall–Kier alpha value is -2.30. The standard InChI is InChI=1S/C15H19N5/c1-17-13-9-14(20-15(16)19-13)18-12-8-4-6-10-5-2-3-7-11(10)12/h2-3,5,7,9,12H,4,6,8H2,1H3,(H4,16,17,18,19,20). The van der Waals surface area contributed by atoms with Gasteiger partial charge in [-0.3, -0.25) is 0 Å². The van der Waals surface area contributed by atoms with E-state index in [2.05, 4.69) is 44.9 Å². The topological polar surface area (TPSA) is 75.9 Å². The van der Waals surface area contributed by atoms with Crippen LogP contribution in [-0.4, -0.2) is 17.0 Å². The van der Waals surface area contributed by atoms with E-state index < -0.39 is 0 Å². The molecular weight excluding hydrogens is 250 g/mol. The highest BCUT2D eigenvalue weighted by Gasteiger charge is 2.20. The first kappa shape index (κ1) is 12.7. The van der Waals surface area contributed by atoms with Crippen molar-refractivity contribution in [3.8, 4) is 0 Å². The minimum absolute atomic E-state index is 0.281. The zero-order valence-corrected chi connectivity index (χ0v) is 11.6. The van der Waals surface area contributed by atoms with Crippen LogP contribution in [0.15, 0.2) is 30.3 Å². The van der Waals surface area contributed by atoms with Crippen molar-refractivity contribution < 1.29 is 0 Å². The first-order chi connectivity index (χ1) is 9.76. The van der Waals surface area contributed by atoms with Gasteiger partial charge in [0.25, 0.3) is 0 Å². The molecule has 2 aromatic rings. The summed E-state index contributed by atoms with van der Waals surface area (Å²) in [7, 11) is 1.82. The highest BCUT2D eigenvalue weighted by molar-refractivity contribution is 5.52. The van der Waals surface area contributed by atoms with E-state index in [1.54, 1.807) is 0 Å². The SMILES string of the molecule is CNc1cc(NC2CCCc3ccccc32)nc(N)n1. The molecule has 1 heterocycles. The Labute approximate surface area is 118 Å². The van der Waals surface area contributed by atoms with Crippen molar-refractivity contribution in [2.24, 2.45) is 0 Å². The number of nitrogens with two attached hydrogens (primary N) is 1. The van der Waals surface area contributed by atoms with E-state index >= 15 is 0 Å². The van der Waals surface area contributed by atoms with Crippen molar-refractivity contribution in [1.82, 2.24) is 9.97 Å². The van der Waals surface area contributed by atoms with Gasteiger partial charge in [-0.15, -0.1) is 0 Å². The molecule has 0 saturated heterocycles. The van der Waals surface area contributed by atoms with Crippen molar-refractivity contribution in [3.63, 3.8) is 0 Å². The summed E-state index contributed by atoms with van der Waals surface area (Å²) in [6.45, 7) is 0. The predicted molar refractivity (Wildman–Crippen MR) is 81.7 cm³/mol. The summed E-state index contributed by atoms with van der Waals surface area (Å²) >= 11 is 0. The summed E-state index contributed by atoms with van der Waals surface area (Å²) in [6, 6.07) is 10.8. The number of nitrogen functional groups attached to an aromatic ring is 1. The lowest BCUT2D eigenvalue weighted by Gasteiger charge is -2.26. The molecule has 0 bridgehead atoms. The number of hydrogen-bond acceptors (Lipinski definition) is 5. The van der Waals surface area contributed by atoms with Crippen LogP contribution in [0.4, 0.5) is 17.6 Å². The molecular formula is C15H19N5. The summed E-state index contributed by atoms with van der Waals surface area (Å²) in [4.78, 5) is 8.37.